The van der Waals surface area contributed by atoms with E-state index in [0.717, 1.165) is 43.0 Å². The fourth-order valence-electron chi connectivity index (χ4n) is 3.10. The molecule has 1 saturated heterocycles. The Morgan fingerprint density at radius 3 is 3.12 bits per heavy atom. The van der Waals surface area contributed by atoms with Crippen LogP contribution >= 0.6 is 11.3 Å². The van der Waals surface area contributed by atoms with E-state index in [1.807, 2.05) is 18.3 Å². The Labute approximate surface area is 151 Å². The highest BCUT2D eigenvalue weighted by molar-refractivity contribution is 7.15. The van der Waals surface area contributed by atoms with E-state index in [1.165, 1.54) is 18.3 Å². The number of aryl methyl sites for hydroxylation is 1. The zero-order valence-corrected chi connectivity index (χ0v) is 15.3. The first-order chi connectivity index (χ1) is 12.0. The van der Waals surface area contributed by atoms with Gasteiger partial charge in [-0.05, 0) is 30.5 Å². The van der Waals surface area contributed by atoms with E-state index in [-0.39, 0.29) is 11.7 Å². The lowest BCUT2D eigenvalue weighted by Crippen LogP contribution is -2.51. The highest BCUT2D eigenvalue weighted by Gasteiger charge is 2.20. The molecule has 3 rings (SSSR count). The molecule has 0 unspecified atom stereocenters. The number of carbonyl (C=O) groups is 1. The molecule has 0 spiro atoms. The largest absolute Gasteiger partial charge is 0.311 e. The van der Waals surface area contributed by atoms with Crippen molar-refractivity contribution in [3.63, 3.8) is 0 Å². The number of halogens is 1. The van der Waals surface area contributed by atoms with Crippen LogP contribution in [0.15, 0.2) is 24.4 Å². The van der Waals surface area contributed by atoms with Gasteiger partial charge < -0.3 is 10.6 Å². The molecule has 1 aliphatic heterocycles. The lowest BCUT2D eigenvalue weighted by molar-refractivity contribution is -0.114. The molecule has 0 saturated carbocycles. The molecule has 1 atom stereocenters. The Kier molecular flexibility index (Phi) is 5.78. The molecule has 2 aromatic rings. The minimum Gasteiger partial charge on any atom is -0.311 e. The number of hydrogen-bond donors (Lipinski definition) is 2. The Balaban J connectivity index is 1.56. The molecular weight excluding hydrogens is 339 g/mol. The second-order valence-electron chi connectivity index (χ2n) is 6.49. The first-order valence-corrected chi connectivity index (χ1v) is 9.24. The average molecular weight is 362 g/mol. The minimum absolute atomic E-state index is 0.0993. The Hall–Kier alpha value is -1.83. The van der Waals surface area contributed by atoms with Crippen molar-refractivity contribution >= 4 is 22.4 Å². The molecule has 1 aromatic heterocycles. The second kappa shape index (κ2) is 8.03. The summed E-state index contributed by atoms with van der Waals surface area (Å²) in [5.41, 5.74) is 1.85. The van der Waals surface area contributed by atoms with Crippen LogP contribution in [0.1, 0.15) is 22.9 Å². The van der Waals surface area contributed by atoms with E-state index in [9.17, 15) is 9.18 Å². The fraction of sp³-hybridized carbons (Fsp3) is 0.444. The third-order valence-electron chi connectivity index (χ3n) is 4.26. The number of rotatable bonds is 5. The zero-order valence-electron chi connectivity index (χ0n) is 14.5. The predicted octanol–water partition coefficient (Wildman–Crippen LogP) is 2.57. The van der Waals surface area contributed by atoms with Gasteiger partial charge >= 0.3 is 0 Å². The molecule has 2 heterocycles. The van der Waals surface area contributed by atoms with Crippen LogP contribution in [0.2, 0.25) is 0 Å². The molecule has 1 aromatic carbocycles. The third kappa shape index (κ3) is 5.07. The standard InChI is InChI=1S/C18H23FN4OS/c1-12-7-14(3-4-17(12)19)8-15-10-23(6-5-20-15)11-16-9-21-18(25-16)22-13(2)24/h3-4,7,9,15,20H,5-6,8,10-11H2,1-2H3,(H,21,22,24)/t15-/m0/s1. The molecule has 134 valence electrons. The zero-order chi connectivity index (χ0) is 17.8. The van der Waals surface area contributed by atoms with Gasteiger partial charge in [0.05, 0.1) is 0 Å². The van der Waals surface area contributed by atoms with Crippen molar-refractivity contribution < 1.29 is 9.18 Å². The summed E-state index contributed by atoms with van der Waals surface area (Å²) in [5, 5.41) is 6.91. The summed E-state index contributed by atoms with van der Waals surface area (Å²) in [6.07, 6.45) is 2.72. The summed E-state index contributed by atoms with van der Waals surface area (Å²) < 4.78 is 13.4. The van der Waals surface area contributed by atoms with Gasteiger partial charge in [-0.1, -0.05) is 12.1 Å². The SMILES string of the molecule is CC(=O)Nc1ncc(CN2CCN[C@@H](Cc3ccc(F)c(C)c3)C2)s1. The molecule has 5 nitrogen and oxygen atoms in total. The molecule has 25 heavy (non-hydrogen) atoms. The normalized spacial score (nSPS) is 18.3. The highest BCUT2D eigenvalue weighted by atomic mass is 32.1. The molecule has 1 aliphatic rings. The third-order valence-corrected chi connectivity index (χ3v) is 5.16. The van der Waals surface area contributed by atoms with Gasteiger partial charge in [-0.3, -0.25) is 9.69 Å². The monoisotopic (exact) mass is 362 g/mol. The molecule has 0 aliphatic carbocycles. The van der Waals surface area contributed by atoms with Crippen LogP contribution in [0.4, 0.5) is 9.52 Å². The molecule has 0 radical (unpaired) electrons. The van der Waals surface area contributed by atoms with Crippen LogP contribution in [0, 0.1) is 12.7 Å². The lowest BCUT2D eigenvalue weighted by atomic mass is 10.0. The van der Waals surface area contributed by atoms with E-state index < -0.39 is 0 Å². The number of aromatic nitrogens is 1. The molecule has 1 amide bonds. The van der Waals surface area contributed by atoms with Crippen LogP contribution in [0.25, 0.3) is 0 Å². The van der Waals surface area contributed by atoms with Crippen molar-refractivity contribution in [1.29, 1.82) is 0 Å². The van der Waals surface area contributed by atoms with Crippen molar-refractivity contribution in [3.8, 4) is 0 Å². The van der Waals surface area contributed by atoms with E-state index in [2.05, 4.69) is 20.5 Å². The van der Waals surface area contributed by atoms with Gasteiger partial charge in [-0.25, -0.2) is 9.37 Å². The fourth-order valence-corrected chi connectivity index (χ4v) is 4.00. The van der Waals surface area contributed by atoms with Crippen molar-refractivity contribution in [2.45, 2.75) is 32.9 Å². The summed E-state index contributed by atoms with van der Waals surface area (Å²) in [7, 11) is 0. The molecule has 0 bridgehead atoms. The van der Waals surface area contributed by atoms with Crippen molar-refractivity contribution in [2.75, 3.05) is 25.0 Å². The van der Waals surface area contributed by atoms with Crippen molar-refractivity contribution in [1.82, 2.24) is 15.2 Å². The summed E-state index contributed by atoms with van der Waals surface area (Å²) in [5.74, 6) is -0.250. The molecular formula is C18H23FN4OS. The second-order valence-corrected chi connectivity index (χ2v) is 7.60. The van der Waals surface area contributed by atoms with Crippen LogP contribution in [-0.2, 0) is 17.8 Å². The first-order valence-electron chi connectivity index (χ1n) is 8.42. The Morgan fingerprint density at radius 2 is 2.36 bits per heavy atom. The van der Waals surface area contributed by atoms with Gasteiger partial charge in [0, 0.05) is 50.2 Å². The minimum atomic E-state index is -0.151. The van der Waals surface area contributed by atoms with Gasteiger partial charge in [-0.15, -0.1) is 11.3 Å². The van der Waals surface area contributed by atoms with Crippen LogP contribution in [0.5, 0.6) is 0 Å². The van der Waals surface area contributed by atoms with Crippen molar-refractivity contribution in [3.05, 3.63) is 46.2 Å². The van der Waals surface area contributed by atoms with Gasteiger partial charge in [0.15, 0.2) is 5.13 Å². The van der Waals surface area contributed by atoms with E-state index >= 15 is 0 Å². The smallest absolute Gasteiger partial charge is 0.223 e. The van der Waals surface area contributed by atoms with Gasteiger partial charge in [-0.2, -0.15) is 0 Å². The van der Waals surface area contributed by atoms with Crippen LogP contribution < -0.4 is 10.6 Å². The van der Waals surface area contributed by atoms with Gasteiger partial charge in [0.1, 0.15) is 5.82 Å². The Morgan fingerprint density at radius 1 is 1.52 bits per heavy atom. The summed E-state index contributed by atoms with van der Waals surface area (Å²) >= 11 is 1.52. The average Bonchev–Trinajstić information content (AvgIpc) is 2.97. The lowest BCUT2D eigenvalue weighted by Gasteiger charge is -2.33. The topological polar surface area (TPSA) is 57.3 Å². The number of amides is 1. The maximum atomic E-state index is 13.4. The molecule has 2 N–H and O–H groups in total. The van der Waals surface area contributed by atoms with Gasteiger partial charge in [0.2, 0.25) is 5.91 Å². The first kappa shape index (κ1) is 18.0. The number of hydrogen-bond acceptors (Lipinski definition) is 5. The number of nitrogens with one attached hydrogen (secondary N) is 2. The van der Waals surface area contributed by atoms with Gasteiger partial charge in [0.25, 0.3) is 0 Å². The number of benzene rings is 1. The van der Waals surface area contributed by atoms with E-state index in [0.29, 0.717) is 16.7 Å². The highest BCUT2D eigenvalue weighted by Crippen LogP contribution is 2.21. The summed E-state index contributed by atoms with van der Waals surface area (Å²) in [4.78, 5) is 18.9. The maximum absolute atomic E-state index is 13.4. The number of thiazole rings is 1. The van der Waals surface area contributed by atoms with Crippen LogP contribution in [-0.4, -0.2) is 41.5 Å². The van der Waals surface area contributed by atoms with E-state index in [4.69, 9.17) is 0 Å². The molecule has 7 heteroatoms. The summed E-state index contributed by atoms with van der Waals surface area (Å²) in [6.45, 7) is 6.96. The summed E-state index contributed by atoms with van der Waals surface area (Å²) in [6, 6.07) is 5.69. The maximum Gasteiger partial charge on any atom is 0.223 e. The predicted molar refractivity (Wildman–Crippen MR) is 98.3 cm³/mol. The van der Waals surface area contributed by atoms with E-state index in [1.54, 1.807) is 13.0 Å². The Bertz CT molecular complexity index is 748. The number of piperazine rings is 1. The molecule has 1 fully saturated rings. The number of anilines is 1. The quantitative estimate of drug-likeness (QED) is 0.858. The number of nitrogens with zero attached hydrogens (tertiary/aromatic N) is 2. The number of carbonyl (C=O) groups excluding carboxylic acids is 1. The van der Waals surface area contributed by atoms with Crippen molar-refractivity contribution in [2.24, 2.45) is 0 Å². The van der Waals surface area contributed by atoms with Crippen LogP contribution in [0.3, 0.4) is 0 Å².